The molecule has 0 radical (unpaired) electrons. The number of imidazole rings is 1. The molecule has 4 aromatic rings. The highest BCUT2D eigenvalue weighted by molar-refractivity contribution is 6.06. The molecule has 150 valence electrons. The fraction of sp³-hybridized carbons (Fsp3) is 0.130. The van der Waals surface area contributed by atoms with Gasteiger partial charge >= 0.3 is 0 Å². The molecule has 2 amide bonds. The van der Waals surface area contributed by atoms with Crippen molar-refractivity contribution in [2.24, 2.45) is 5.73 Å². The molecule has 0 saturated carbocycles. The van der Waals surface area contributed by atoms with E-state index >= 15 is 0 Å². The standard InChI is InChI=1S/C23H21N5O2/c1-27(23(30)16-7-3-2-4-8-16)18-10-11-20-19(15-18)26-22(21(24)29)28(20)14-12-17-9-5-6-13-25-17/h2-11,13,15H,12,14H2,1H3,(H2,24,29). The fourth-order valence-electron chi connectivity index (χ4n) is 3.41. The van der Waals surface area contributed by atoms with E-state index in [-0.39, 0.29) is 11.7 Å². The summed E-state index contributed by atoms with van der Waals surface area (Å²) in [6, 6.07) is 20.3. The number of aryl methyl sites for hydroxylation is 2. The quantitative estimate of drug-likeness (QED) is 0.539. The van der Waals surface area contributed by atoms with Gasteiger partial charge in [-0.2, -0.15) is 0 Å². The van der Waals surface area contributed by atoms with Crippen molar-refractivity contribution in [1.29, 1.82) is 0 Å². The smallest absolute Gasteiger partial charge is 0.284 e. The second kappa shape index (κ2) is 8.16. The number of benzene rings is 2. The van der Waals surface area contributed by atoms with Crippen LogP contribution in [0.25, 0.3) is 11.0 Å². The number of pyridine rings is 1. The molecule has 4 rings (SSSR count). The first-order chi connectivity index (χ1) is 14.5. The lowest BCUT2D eigenvalue weighted by Crippen LogP contribution is -2.26. The molecule has 7 nitrogen and oxygen atoms in total. The van der Waals surface area contributed by atoms with Crippen molar-refractivity contribution in [3.05, 3.63) is 90.0 Å². The van der Waals surface area contributed by atoms with Crippen molar-refractivity contribution in [2.45, 2.75) is 13.0 Å². The van der Waals surface area contributed by atoms with Gasteiger partial charge in [0.2, 0.25) is 0 Å². The number of nitrogens with zero attached hydrogens (tertiary/aromatic N) is 4. The van der Waals surface area contributed by atoms with E-state index in [2.05, 4.69) is 9.97 Å². The Bertz CT molecular complexity index is 1200. The number of aromatic nitrogens is 3. The number of fused-ring (bicyclic) bond motifs is 1. The van der Waals surface area contributed by atoms with Gasteiger partial charge in [-0.15, -0.1) is 0 Å². The average molecular weight is 399 g/mol. The van der Waals surface area contributed by atoms with E-state index in [1.165, 1.54) is 0 Å². The Morgan fingerprint density at radius 1 is 1.03 bits per heavy atom. The Labute approximate surface area is 173 Å². The molecule has 2 aromatic heterocycles. The van der Waals surface area contributed by atoms with Gasteiger partial charge in [0.1, 0.15) is 0 Å². The second-order valence-electron chi connectivity index (χ2n) is 6.93. The highest BCUT2D eigenvalue weighted by Crippen LogP contribution is 2.24. The third kappa shape index (κ3) is 3.77. The number of carbonyl (C=O) groups is 2. The van der Waals surface area contributed by atoms with Gasteiger partial charge in [-0.25, -0.2) is 4.98 Å². The first-order valence-corrected chi connectivity index (χ1v) is 9.57. The van der Waals surface area contributed by atoms with Gasteiger partial charge in [-0.3, -0.25) is 14.6 Å². The fourth-order valence-corrected chi connectivity index (χ4v) is 3.41. The summed E-state index contributed by atoms with van der Waals surface area (Å²) >= 11 is 0. The number of anilines is 1. The van der Waals surface area contributed by atoms with E-state index in [9.17, 15) is 9.59 Å². The summed E-state index contributed by atoms with van der Waals surface area (Å²) in [6.07, 6.45) is 2.38. The summed E-state index contributed by atoms with van der Waals surface area (Å²) < 4.78 is 1.80. The van der Waals surface area contributed by atoms with E-state index in [4.69, 9.17) is 5.73 Å². The largest absolute Gasteiger partial charge is 0.363 e. The molecule has 0 aliphatic heterocycles. The zero-order valence-corrected chi connectivity index (χ0v) is 16.5. The van der Waals surface area contributed by atoms with Crippen LogP contribution in [0.4, 0.5) is 5.69 Å². The van der Waals surface area contributed by atoms with E-state index in [1.54, 1.807) is 40.9 Å². The van der Waals surface area contributed by atoms with Crippen LogP contribution >= 0.6 is 0 Å². The highest BCUT2D eigenvalue weighted by Gasteiger charge is 2.18. The number of rotatable bonds is 6. The third-order valence-corrected chi connectivity index (χ3v) is 4.98. The van der Waals surface area contributed by atoms with Crippen LogP contribution in [0.3, 0.4) is 0 Å². The Kier molecular flexibility index (Phi) is 5.26. The third-order valence-electron chi connectivity index (χ3n) is 4.98. The number of hydrogen-bond acceptors (Lipinski definition) is 4. The van der Waals surface area contributed by atoms with Gasteiger partial charge in [-0.05, 0) is 42.5 Å². The van der Waals surface area contributed by atoms with Crippen LogP contribution in [0.15, 0.2) is 72.9 Å². The molecule has 0 fully saturated rings. The summed E-state index contributed by atoms with van der Waals surface area (Å²) in [5.41, 5.74) is 9.15. The van der Waals surface area contributed by atoms with Gasteiger partial charge < -0.3 is 15.2 Å². The van der Waals surface area contributed by atoms with E-state index in [1.807, 2.05) is 48.5 Å². The molecular formula is C23H21N5O2. The molecule has 2 aromatic carbocycles. The lowest BCUT2D eigenvalue weighted by atomic mass is 10.2. The molecule has 7 heteroatoms. The van der Waals surface area contributed by atoms with Crippen molar-refractivity contribution in [1.82, 2.24) is 14.5 Å². The van der Waals surface area contributed by atoms with Crippen molar-refractivity contribution in [3.8, 4) is 0 Å². The normalized spacial score (nSPS) is 10.8. The molecular weight excluding hydrogens is 378 g/mol. The number of nitrogens with two attached hydrogens (primary N) is 1. The molecule has 0 unspecified atom stereocenters. The predicted octanol–water partition coefficient (Wildman–Crippen LogP) is 3.05. The van der Waals surface area contributed by atoms with Gasteiger partial charge in [-0.1, -0.05) is 24.3 Å². The Morgan fingerprint density at radius 3 is 2.50 bits per heavy atom. The van der Waals surface area contributed by atoms with E-state index in [0.29, 0.717) is 29.7 Å². The minimum absolute atomic E-state index is 0.125. The zero-order chi connectivity index (χ0) is 21.1. The summed E-state index contributed by atoms with van der Waals surface area (Å²) in [5.74, 6) is -0.530. The molecule has 30 heavy (non-hydrogen) atoms. The maximum Gasteiger partial charge on any atom is 0.284 e. The topological polar surface area (TPSA) is 94.1 Å². The molecule has 0 aliphatic carbocycles. The van der Waals surface area contributed by atoms with Crippen molar-refractivity contribution in [3.63, 3.8) is 0 Å². The number of hydrogen-bond donors (Lipinski definition) is 1. The number of amides is 2. The van der Waals surface area contributed by atoms with Crippen LogP contribution < -0.4 is 10.6 Å². The van der Waals surface area contributed by atoms with Crippen LogP contribution in [0.1, 0.15) is 26.7 Å². The number of carbonyl (C=O) groups excluding carboxylic acids is 2. The van der Waals surface area contributed by atoms with E-state index in [0.717, 1.165) is 11.2 Å². The van der Waals surface area contributed by atoms with Crippen LogP contribution in [0.5, 0.6) is 0 Å². The minimum atomic E-state index is -0.595. The Hall–Kier alpha value is -4.00. The van der Waals surface area contributed by atoms with Crippen LogP contribution in [-0.2, 0) is 13.0 Å². The predicted molar refractivity (Wildman–Crippen MR) is 115 cm³/mol. The van der Waals surface area contributed by atoms with Gasteiger partial charge in [0, 0.05) is 43.2 Å². The highest BCUT2D eigenvalue weighted by atomic mass is 16.2. The molecule has 0 spiro atoms. The van der Waals surface area contributed by atoms with Crippen LogP contribution in [-0.4, -0.2) is 33.4 Å². The van der Waals surface area contributed by atoms with Gasteiger partial charge in [0.15, 0.2) is 5.82 Å². The Balaban J connectivity index is 1.66. The SMILES string of the molecule is CN(C(=O)c1ccccc1)c1ccc2c(c1)nc(C(N)=O)n2CCc1ccccn1. The van der Waals surface area contributed by atoms with Crippen molar-refractivity contribution >= 4 is 28.5 Å². The minimum Gasteiger partial charge on any atom is -0.363 e. The lowest BCUT2D eigenvalue weighted by molar-refractivity contribution is 0.0981. The molecule has 2 heterocycles. The van der Waals surface area contributed by atoms with E-state index < -0.39 is 5.91 Å². The summed E-state index contributed by atoms with van der Waals surface area (Å²) in [4.78, 5) is 35.0. The molecule has 0 aliphatic rings. The average Bonchev–Trinajstić information content (AvgIpc) is 3.16. The molecule has 0 bridgehead atoms. The van der Waals surface area contributed by atoms with Crippen LogP contribution in [0, 0.1) is 0 Å². The lowest BCUT2D eigenvalue weighted by Gasteiger charge is -2.17. The van der Waals surface area contributed by atoms with Crippen LogP contribution in [0.2, 0.25) is 0 Å². The maximum absolute atomic E-state index is 12.7. The zero-order valence-electron chi connectivity index (χ0n) is 16.5. The maximum atomic E-state index is 12.7. The second-order valence-corrected chi connectivity index (χ2v) is 6.93. The monoisotopic (exact) mass is 399 g/mol. The Morgan fingerprint density at radius 2 is 1.80 bits per heavy atom. The molecule has 0 atom stereocenters. The summed E-state index contributed by atoms with van der Waals surface area (Å²) in [6.45, 7) is 0.518. The summed E-state index contributed by atoms with van der Waals surface area (Å²) in [7, 11) is 1.71. The van der Waals surface area contributed by atoms with Gasteiger partial charge in [0.05, 0.1) is 11.0 Å². The summed E-state index contributed by atoms with van der Waals surface area (Å²) in [5, 5.41) is 0. The van der Waals surface area contributed by atoms with Crippen molar-refractivity contribution < 1.29 is 9.59 Å². The molecule has 2 N–H and O–H groups in total. The first-order valence-electron chi connectivity index (χ1n) is 9.57. The van der Waals surface area contributed by atoms with Crippen molar-refractivity contribution in [2.75, 3.05) is 11.9 Å². The van der Waals surface area contributed by atoms with Gasteiger partial charge in [0.25, 0.3) is 11.8 Å². The first kappa shape index (κ1) is 19.3. The number of primary amides is 1. The molecule has 0 saturated heterocycles.